The highest BCUT2D eigenvalue weighted by Gasteiger charge is 2.18. The van der Waals surface area contributed by atoms with E-state index in [4.69, 9.17) is 0 Å². The molecule has 20 heavy (non-hydrogen) atoms. The van der Waals surface area contributed by atoms with Gasteiger partial charge in [-0.25, -0.2) is 13.2 Å². The Morgan fingerprint density at radius 3 is 2.40 bits per heavy atom. The fourth-order valence-electron chi connectivity index (χ4n) is 2.66. The van der Waals surface area contributed by atoms with Crippen LogP contribution < -0.4 is 5.32 Å². The van der Waals surface area contributed by atoms with Crippen LogP contribution in [-0.4, -0.2) is 31.1 Å². The van der Waals surface area contributed by atoms with Gasteiger partial charge in [0.15, 0.2) is 11.6 Å². The van der Waals surface area contributed by atoms with Gasteiger partial charge in [0, 0.05) is 24.7 Å². The average molecular weight is 286 g/mol. The number of hydrogen-bond acceptors (Lipinski definition) is 2. The molecule has 112 valence electrons. The highest BCUT2D eigenvalue weighted by atomic mass is 19.2. The number of halogens is 3. The largest absolute Gasteiger partial charge is 0.317 e. The number of nitrogens with zero attached hydrogens (tertiary/aromatic N) is 1. The lowest BCUT2D eigenvalue weighted by molar-refractivity contribution is 0.204. The van der Waals surface area contributed by atoms with E-state index in [-0.39, 0.29) is 5.56 Å². The molecule has 1 aromatic carbocycles. The van der Waals surface area contributed by atoms with Crippen LogP contribution in [0, 0.1) is 23.4 Å². The topological polar surface area (TPSA) is 15.3 Å². The van der Waals surface area contributed by atoms with Crippen molar-refractivity contribution < 1.29 is 13.2 Å². The third kappa shape index (κ3) is 3.96. The van der Waals surface area contributed by atoms with Gasteiger partial charge in [-0.2, -0.15) is 0 Å². The summed E-state index contributed by atoms with van der Waals surface area (Å²) in [5.74, 6) is -2.20. The first-order chi connectivity index (χ1) is 9.60. The number of rotatable bonds is 5. The fraction of sp³-hybridized carbons (Fsp3) is 0.600. The van der Waals surface area contributed by atoms with Crippen molar-refractivity contribution in [1.29, 1.82) is 0 Å². The third-order valence-electron chi connectivity index (χ3n) is 3.91. The Balaban J connectivity index is 2.00. The third-order valence-corrected chi connectivity index (χ3v) is 3.91. The average Bonchev–Trinajstić information content (AvgIpc) is 2.45. The van der Waals surface area contributed by atoms with Crippen molar-refractivity contribution in [3.05, 3.63) is 35.1 Å². The summed E-state index contributed by atoms with van der Waals surface area (Å²) in [6.07, 6.45) is 2.22. The van der Waals surface area contributed by atoms with Crippen LogP contribution in [0.15, 0.2) is 12.1 Å². The van der Waals surface area contributed by atoms with Crippen molar-refractivity contribution in [2.45, 2.75) is 26.3 Å². The highest BCUT2D eigenvalue weighted by molar-refractivity contribution is 5.20. The van der Waals surface area contributed by atoms with Gasteiger partial charge < -0.3 is 5.32 Å². The van der Waals surface area contributed by atoms with Gasteiger partial charge in [-0.3, -0.25) is 4.90 Å². The van der Waals surface area contributed by atoms with E-state index in [1.165, 1.54) is 0 Å². The lowest BCUT2D eigenvalue weighted by Gasteiger charge is -2.29. The maximum atomic E-state index is 13.7. The highest BCUT2D eigenvalue weighted by Crippen LogP contribution is 2.18. The van der Waals surface area contributed by atoms with E-state index >= 15 is 0 Å². The molecule has 0 aliphatic carbocycles. The molecular weight excluding hydrogens is 265 g/mol. The van der Waals surface area contributed by atoms with Gasteiger partial charge in [0.1, 0.15) is 5.82 Å². The predicted octanol–water partition coefficient (Wildman–Crippen LogP) is 2.93. The minimum Gasteiger partial charge on any atom is -0.317 e. The molecule has 1 saturated heterocycles. The number of piperidine rings is 1. The molecule has 1 aliphatic rings. The Bertz CT molecular complexity index is 445. The molecule has 5 heteroatoms. The van der Waals surface area contributed by atoms with Gasteiger partial charge in [0.2, 0.25) is 0 Å². The quantitative estimate of drug-likeness (QED) is 0.837. The van der Waals surface area contributed by atoms with E-state index in [0.29, 0.717) is 18.5 Å². The van der Waals surface area contributed by atoms with Crippen LogP contribution in [0.2, 0.25) is 0 Å². The SMILES string of the molecule is CCN(Cc1cc(F)c(F)cc1F)CC1CCNCC1. The summed E-state index contributed by atoms with van der Waals surface area (Å²) >= 11 is 0. The summed E-state index contributed by atoms with van der Waals surface area (Å²) in [5.41, 5.74) is 0.222. The molecule has 1 heterocycles. The number of nitrogens with one attached hydrogen (secondary N) is 1. The van der Waals surface area contributed by atoms with Gasteiger partial charge in [-0.15, -0.1) is 0 Å². The second-order valence-electron chi connectivity index (χ2n) is 5.38. The van der Waals surface area contributed by atoms with Gasteiger partial charge in [-0.1, -0.05) is 6.92 Å². The Kier molecular flexibility index (Phi) is 5.43. The molecule has 1 fully saturated rings. The van der Waals surface area contributed by atoms with E-state index in [9.17, 15) is 13.2 Å². The number of benzene rings is 1. The molecule has 0 saturated carbocycles. The second-order valence-corrected chi connectivity index (χ2v) is 5.38. The second kappa shape index (κ2) is 7.09. The van der Waals surface area contributed by atoms with E-state index in [0.717, 1.165) is 45.1 Å². The molecule has 2 nitrogen and oxygen atoms in total. The summed E-state index contributed by atoms with van der Waals surface area (Å²) in [7, 11) is 0. The van der Waals surface area contributed by atoms with Crippen molar-refractivity contribution in [3.8, 4) is 0 Å². The van der Waals surface area contributed by atoms with E-state index in [1.54, 1.807) is 0 Å². The summed E-state index contributed by atoms with van der Waals surface area (Å²) in [6.45, 7) is 5.99. The van der Waals surface area contributed by atoms with Crippen LogP contribution in [0.1, 0.15) is 25.3 Å². The van der Waals surface area contributed by atoms with Gasteiger partial charge in [0.05, 0.1) is 0 Å². The Morgan fingerprint density at radius 1 is 1.10 bits per heavy atom. The standard InChI is InChI=1S/C15H21F3N2/c1-2-20(9-11-3-5-19-6-4-11)10-12-7-14(17)15(18)8-13(12)16/h7-8,11,19H,2-6,9-10H2,1H3. The molecule has 1 aliphatic heterocycles. The summed E-state index contributed by atoms with van der Waals surface area (Å²) in [6, 6.07) is 1.60. The van der Waals surface area contributed by atoms with Crippen molar-refractivity contribution in [1.82, 2.24) is 10.2 Å². The van der Waals surface area contributed by atoms with E-state index in [2.05, 4.69) is 10.2 Å². The molecule has 1 N–H and O–H groups in total. The van der Waals surface area contributed by atoms with Gasteiger partial charge >= 0.3 is 0 Å². The summed E-state index contributed by atoms with van der Waals surface area (Å²) in [5, 5.41) is 3.31. The Morgan fingerprint density at radius 2 is 1.75 bits per heavy atom. The zero-order valence-corrected chi connectivity index (χ0v) is 11.8. The fourth-order valence-corrected chi connectivity index (χ4v) is 2.66. The number of hydrogen-bond donors (Lipinski definition) is 1. The van der Waals surface area contributed by atoms with Gasteiger partial charge in [0.25, 0.3) is 0 Å². The van der Waals surface area contributed by atoms with Crippen molar-refractivity contribution in [2.24, 2.45) is 5.92 Å². The molecule has 2 rings (SSSR count). The minimum absolute atomic E-state index is 0.222. The smallest absolute Gasteiger partial charge is 0.161 e. The van der Waals surface area contributed by atoms with Crippen LogP contribution in [0.4, 0.5) is 13.2 Å². The zero-order chi connectivity index (χ0) is 14.5. The van der Waals surface area contributed by atoms with Crippen molar-refractivity contribution >= 4 is 0 Å². The predicted molar refractivity (Wildman–Crippen MR) is 72.9 cm³/mol. The van der Waals surface area contributed by atoms with E-state index in [1.807, 2.05) is 6.92 Å². The van der Waals surface area contributed by atoms with E-state index < -0.39 is 17.5 Å². The molecule has 0 aromatic heterocycles. The molecule has 0 radical (unpaired) electrons. The molecule has 1 aromatic rings. The normalized spacial score (nSPS) is 16.9. The minimum atomic E-state index is -1.13. The van der Waals surface area contributed by atoms with Crippen molar-refractivity contribution in [2.75, 3.05) is 26.2 Å². The molecule has 0 amide bonds. The first-order valence-corrected chi connectivity index (χ1v) is 7.16. The summed E-state index contributed by atoms with van der Waals surface area (Å²) < 4.78 is 39.8. The molecule has 0 atom stereocenters. The first-order valence-electron chi connectivity index (χ1n) is 7.16. The lowest BCUT2D eigenvalue weighted by atomic mass is 9.97. The molecular formula is C15H21F3N2. The van der Waals surface area contributed by atoms with Crippen LogP contribution in [0.5, 0.6) is 0 Å². The zero-order valence-electron chi connectivity index (χ0n) is 11.8. The van der Waals surface area contributed by atoms with Crippen molar-refractivity contribution in [3.63, 3.8) is 0 Å². The Labute approximate surface area is 118 Å². The summed E-state index contributed by atoms with van der Waals surface area (Å²) in [4.78, 5) is 2.09. The van der Waals surface area contributed by atoms with Crippen LogP contribution >= 0.6 is 0 Å². The lowest BCUT2D eigenvalue weighted by Crippen LogP contribution is -2.36. The van der Waals surface area contributed by atoms with Gasteiger partial charge in [-0.05, 0) is 44.5 Å². The Hall–Kier alpha value is -1.07. The molecule has 0 bridgehead atoms. The first kappa shape index (κ1) is 15.3. The van der Waals surface area contributed by atoms with Crippen LogP contribution in [0.3, 0.4) is 0 Å². The molecule has 0 spiro atoms. The molecule has 0 unspecified atom stereocenters. The van der Waals surface area contributed by atoms with Crippen LogP contribution in [-0.2, 0) is 6.54 Å². The maximum Gasteiger partial charge on any atom is 0.161 e. The maximum absolute atomic E-state index is 13.7. The monoisotopic (exact) mass is 286 g/mol. The van der Waals surface area contributed by atoms with Crippen LogP contribution in [0.25, 0.3) is 0 Å².